The second-order valence-corrected chi connectivity index (χ2v) is 7.33. The van der Waals surface area contributed by atoms with E-state index in [2.05, 4.69) is 17.4 Å². The number of hydrogen-bond donors (Lipinski definition) is 2. The van der Waals surface area contributed by atoms with Crippen molar-refractivity contribution in [2.24, 2.45) is 0 Å². The molecule has 0 saturated carbocycles. The number of benzene rings is 2. The van der Waals surface area contributed by atoms with Crippen LogP contribution in [-0.2, 0) is 10.3 Å². The second kappa shape index (κ2) is 6.38. The largest absolute Gasteiger partial charge is 0.380 e. The Kier molecular flexibility index (Phi) is 4.46. The van der Waals surface area contributed by atoms with Gasteiger partial charge in [0.1, 0.15) is 5.60 Å². The minimum atomic E-state index is -1.28. The van der Waals surface area contributed by atoms with Gasteiger partial charge in [0.05, 0.1) is 5.54 Å². The smallest absolute Gasteiger partial charge is 0.252 e. The lowest BCUT2D eigenvalue weighted by atomic mass is 9.79. The van der Waals surface area contributed by atoms with Crippen LogP contribution < -0.4 is 5.32 Å². The van der Waals surface area contributed by atoms with Gasteiger partial charge in [-0.1, -0.05) is 48.5 Å². The number of nitrogens with one attached hydrogen (secondary N) is 1. The van der Waals surface area contributed by atoms with E-state index in [0.717, 1.165) is 17.7 Å². The number of hydrogen-bond acceptors (Lipinski definition) is 3. The zero-order valence-electron chi connectivity index (χ0n) is 13.2. The van der Waals surface area contributed by atoms with Crippen LogP contribution in [-0.4, -0.2) is 22.4 Å². The first-order valence-corrected chi connectivity index (χ1v) is 8.79. The van der Waals surface area contributed by atoms with Crippen LogP contribution in [0.5, 0.6) is 0 Å². The molecule has 1 saturated heterocycles. The third kappa shape index (κ3) is 3.43. The Balaban J connectivity index is 1.87. The van der Waals surface area contributed by atoms with E-state index in [1.54, 1.807) is 18.7 Å². The fourth-order valence-corrected chi connectivity index (χ4v) is 4.02. The maximum atomic E-state index is 12.3. The number of amides is 1. The number of thioether (sulfide) groups is 1. The number of carbonyl (C=O) groups is 1. The van der Waals surface area contributed by atoms with E-state index in [4.69, 9.17) is 0 Å². The molecule has 23 heavy (non-hydrogen) atoms. The maximum absolute atomic E-state index is 12.3. The SMILES string of the molecule is C[C@@]1(O)CC[C@@](CSc2ccccc2)(c2ccccc2)NC1=O. The molecule has 1 heterocycles. The van der Waals surface area contributed by atoms with E-state index in [1.807, 2.05) is 48.5 Å². The molecule has 2 aromatic carbocycles. The molecule has 2 aromatic rings. The average molecular weight is 327 g/mol. The van der Waals surface area contributed by atoms with Crippen LogP contribution in [0.2, 0.25) is 0 Å². The van der Waals surface area contributed by atoms with Gasteiger partial charge in [-0.2, -0.15) is 0 Å². The molecular formula is C19H21NO2S. The molecule has 1 aliphatic heterocycles. The summed E-state index contributed by atoms with van der Waals surface area (Å²) >= 11 is 1.73. The molecule has 3 rings (SSSR count). The summed E-state index contributed by atoms with van der Waals surface area (Å²) in [5.74, 6) is 0.448. The fourth-order valence-electron chi connectivity index (χ4n) is 2.87. The second-order valence-electron chi connectivity index (χ2n) is 6.28. The Morgan fingerprint density at radius 2 is 1.65 bits per heavy atom. The Morgan fingerprint density at radius 3 is 2.26 bits per heavy atom. The van der Waals surface area contributed by atoms with Gasteiger partial charge in [0.15, 0.2) is 0 Å². The van der Waals surface area contributed by atoms with Gasteiger partial charge in [-0.15, -0.1) is 11.8 Å². The zero-order chi connectivity index (χ0) is 16.3. The van der Waals surface area contributed by atoms with Crippen molar-refractivity contribution in [1.82, 2.24) is 5.32 Å². The first-order valence-electron chi connectivity index (χ1n) is 7.80. The van der Waals surface area contributed by atoms with Crippen molar-refractivity contribution in [3.8, 4) is 0 Å². The molecule has 0 radical (unpaired) electrons. The van der Waals surface area contributed by atoms with Crippen molar-refractivity contribution < 1.29 is 9.90 Å². The topological polar surface area (TPSA) is 49.3 Å². The quantitative estimate of drug-likeness (QED) is 0.847. The monoisotopic (exact) mass is 327 g/mol. The standard InChI is InChI=1S/C19H21NO2S/c1-18(22)12-13-19(20-17(18)21,15-8-4-2-5-9-15)14-23-16-10-6-3-7-11-16/h2-11,22H,12-14H2,1H3,(H,20,21)/t18-,19-/m1/s1. The van der Waals surface area contributed by atoms with Crippen molar-refractivity contribution in [3.63, 3.8) is 0 Å². The van der Waals surface area contributed by atoms with Crippen LogP contribution in [0.4, 0.5) is 0 Å². The van der Waals surface area contributed by atoms with Gasteiger partial charge in [-0.05, 0) is 37.5 Å². The van der Waals surface area contributed by atoms with Gasteiger partial charge in [0, 0.05) is 10.6 Å². The Hall–Kier alpha value is -1.78. The van der Waals surface area contributed by atoms with Gasteiger partial charge in [-0.25, -0.2) is 0 Å². The van der Waals surface area contributed by atoms with Crippen LogP contribution in [0.25, 0.3) is 0 Å². The highest BCUT2D eigenvalue weighted by atomic mass is 32.2. The summed E-state index contributed by atoms with van der Waals surface area (Å²) in [7, 11) is 0. The summed E-state index contributed by atoms with van der Waals surface area (Å²) in [6.07, 6.45) is 1.18. The van der Waals surface area contributed by atoms with E-state index >= 15 is 0 Å². The zero-order valence-corrected chi connectivity index (χ0v) is 14.0. The minimum absolute atomic E-state index is 0.290. The van der Waals surface area contributed by atoms with E-state index in [0.29, 0.717) is 6.42 Å². The molecular weight excluding hydrogens is 306 g/mol. The van der Waals surface area contributed by atoms with Crippen molar-refractivity contribution in [2.75, 3.05) is 5.75 Å². The van der Waals surface area contributed by atoms with Crippen molar-refractivity contribution >= 4 is 17.7 Å². The summed E-state index contributed by atoms with van der Waals surface area (Å²) in [6, 6.07) is 20.2. The molecule has 4 heteroatoms. The van der Waals surface area contributed by atoms with Gasteiger partial charge in [0.25, 0.3) is 5.91 Å². The Labute approximate surface area is 141 Å². The number of rotatable bonds is 4. The summed E-state index contributed by atoms with van der Waals surface area (Å²) < 4.78 is 0. The normalized spacial score (nSPS) is 27.5. The predicted molar refractivity (Wildman–Crippen MR) is 93.3 cm³/mol. The molecule has 0 aliphatic carbocycles. The van der Waals surface area contributed by atoms with E-state index in [-0.39, 0.29) is 5.91 Å². The molecule has 0 unspecified atom stereocenters. The van der Waals surface area contributed by atoms with Gasteiger partial charge < -0.3 is 10.4 Å². The average Bonchev–Trinajstić information content (AvgIpc) is 2.58. The summed E-state index contributed by atoms with van der Waals surface area (Å²) in [4.78, 5) is 13.5. The van der Waals surface area contributed by atoms with Crippen LogP contribution in [0.1, 0.15) is 25.3 Å². The number of aliphatic hydroxyl groups is 1. The maximum Gasteiger partial charge on any atom is 0.252 e. The molecule has 0 bridgehead atoms. The molecule has 3 nitrogen and oxygen atoms in total. The summed E-state index contributed by atoms with van der Waals surface area (Å²) in [5, 5.41) is 13.3. The molecule has 1 aliphatic rings. The van der Waals surface area contributed by atoms with Gasteiger partial charge in [-0.3, -0.25) is 4.79 Å². The minimum Gasteiger partial charge on any atom is -0.380 e. The van der Waals surface area contributed by atoms with Crippen molar-refractivity contribution in [2.45, 2.75) is 35.8 Å². The first-order chi connectivity index (χ1) is 11.0. The highest BCUT2D eigenvalue weighted by Gasteiger charge is 2.45. The summed E-state index contributed by atoms with van der Waals surface area (Å²) in [5.41, 5.74) is -0.635. The summed E-state index contributed by atoms with van der Waals surface area (Å²) in [6.45, 7) is 1.58. The molecule has 2 N–H and O–H groups in total. The Bertz CT molecular complexity index is 672. The van der Waals surface area contributed by atoms with Crippen LogP contribution in [0.3, 0.4) is 0 Å². The third-order valence-electron chi connectivity index (χ3n) is 4.44. The van der Waals surface area contributed by atoms with Crippen LogP contribution in [0.15, 0.2) is 65.6 Å². The fraction of sp³-hybridized carbons (Fsp3) is 0.316. The van der Waals surface area contributed by atoms with Gasteiger partial charge in [0.2, 0.25) is 0 Å². The number of carbonyl (C=O) groups excluding carboxylic acids is 1. The van der Waals surface area contributed by atoms with Crippen molar-refractivity contribution in [3.05, 3.63) is 66.2 Å². The highest BCUT2D eigenvalue weighted by molar-refractivity contribution is 7.99. The van der Waals surface area contributed by atoms with Crippen LogP contribution in [0, 0.1) is 0 Å². The number of piperidine rings is 1. The van der Waals surface area contributed by atoms with E-state index in [9.17, 15) is 9.90 Å². The molecule has 0 aromatic heterocycles. The van der Waals surface area contributed by atoms with Gasteiger partial charge >= 0.3 is 0 Å². The molecule has 0 spiro atoms. The molecule has 120 valence electrons. The molecule has 1 amide bonds. The van der Waals surface area contributed by atoms with E-state index < -0.39 is 11.1 Å². The first kappa shape index (κ1) is 16.1. The van der Waals surface area contributed by atoms with Crippen LogP contribution >= 0.6 is 11.8 Å². The highest BCUT2D eigenvalue weighted by Crippen LogP contribution is 2.38. The Morgan fingerprint density at radius 1 is 1.04 bits per heavy atom. The lowest BCUT2D eigenvalue weighted by molar-refractivity contribution is -0.145. The lowest BCUT2D eigenvalue weighted by Crippen LogP contribution is -2.60. The molecule has 2 atom stereocenters. The predicted octanol–water partition coefficient (Wildman–Crippen LogP) is 3.34. The third-order valence-corrected chi connectivity index (χ3v) is 5.68. The lowest BCUT2D eigenvalue weighted by Gasteiger charge is -2.43. The molecule has 1 fully saturated rings. The van der Waals surface area contributed by atoms with E-state index in [1.165, 1.54) is 4.90 Å². The van der Waals surface area contributed by atoms with Crippen molar-refractivity contribution in [1.29, 1.82) is 0 Å².